The van der Waals surface area contributed by atoms with Gasteiger partial charge in [-0.05, 0) is 19.3 Å². The summed E-state index contributed by atoms with van der Waals surface area (Å²) in [5, 5.41) is 1.92. The number of aryl methyl sites for hydroxylation is 1. The van der Waals surface area contributed by atoms with E-state index in [9.17, 15) is 14.4 Å². The van der Waals surface area contributed by atoms with Gasteiger partial charge in [-0.1, -0.05) is 39.0 Å². The molecule has 0 aliphatic heterocycles. The summed E-state index contributed by atoms with van der Waals surface area (Å²) < 4.78 is 2.12. The molecule has 2 aromatic heterocycles. The maximum absolute atomic E-state index is 12.9. The monoisotopic (exact) mass is 425 g/mol. The summed E-state index contributed by atoms with van der Waals surface area (Å²) in [6.45, 7) is 8.52. The number of thiazole rings is 1. The van der Waals surface area contributed by atoms with Gasteiger partial charge >= 0.3 is 5.69 Å². The van der Waals surface area contributed by atoms with E-state index in [1.807, 2.05) is 33.1 Å². The zero-order valence-corrected chi connectivity index (χ0v) is 18.3. The molecule has 0 fully saturated rings. The predicted molar refractivity (Wildman–Crippen MR) is 115 cm³/mol. The van der Waals surface area contributed by atoms with Gasteiger partial charge < -0.3 is 10.6 Å². The molecular formula is C18H27N5O3S2. The first-order chi connectivity index (χ1) is 13.2. The molecule has 0 unspecified atom stereocenters. The fraction of sp³-hybridized carbons (Fsp3) is 0.556. The average Bonchev–Trinajstić information content (AvgIpc) is 3.04. The van der Waals surface area contributed by atoms with Gasteiger partial charge in [0, 0.05) is 24.2 Å². The minimum Gasteiger partial charge on any atom is -0.383 e. The van der Waals surface area contributed by atoms with Crippen molar-refractivity contribution < 1.29 is 4.79 Å². The molecule has 2 rings (SSSR count). The van der Waals surface area contributed by atoms with Gasteiger partial charge in [0.2, 0.25) is 5.91 Å². The lowest BCUT2D eigenvalue weighted by Gasteiger charge is -2.24. The van der Waals surface area contributed by atoms with Crippen molar-refractivity contribution in [2.24, 2.45) is 5.92 Å². The van der Waals surface area contributed by atoms with Crippen molar-refractivity contribution in [3.05, 3.63) is 31.9 Å². The summed E-state index contributed by atoms with van der Waals surface area (Å²) in [5.74, 6) is 0.0845. The first-order valence-electron chi connectivity index (χ1n) is 9.22. The number of aromatic amines is 1. The number of nitrogen functional groups attached to an aromatic ring is 1. The summed E-state index contributed by atoms with van der Waals surface area (Å²) in [7, 11) is 0. The molecule has 0 radical (unpaired) electrons. The van der Waals surface area contributed by atoms with Gasteiger partial charge in [-0.25, -0.2) is 9.78 Å². The largest absolute Gasteiger partial charge is 0.383 e. The summed E-state index contributed by atoms with van der Waals surface area (Å²) in [5.41, 5.74) is 5.95. The van der Waals surface area contributed by atoms with Crippen LogP contribution >= 0.6 is 23.1 Å². The minimum absolute atomic E-state index is 0.0296. The van der Waals surface area contributed by atoms with E-state index in [1.165, 1.54) is 32.6 Å². The van der Waals surface area contributed by atoms with Crippen molar-refractivity contribution in [2.75, 3.05) is 22.9 Å². The number of thioether (sulfide) groups is 1. The molecule has 0 aliphatic carbocycles. The molecule has 0 bridgehead atoms. The van der Waals surface area contributed by atoms with Crippen LogP contribution in [0.4, 0.5) is 11.5 Å². The molecule has 0 aliphatic rings. The summed E-state index contributed by atoms with van der Waals surface area (Å²) in [4.78, 5) is 45.7. The molecule has 0 aromatic carbocycles. The maximum Gasteiger partial charge on any atom is 0.330 e. The molecule has 0 saturated heterocycles. The highest BCUT2D eigenvalue weighted by Gasteiger charge is 2.24. The first-order valence-corrected chi connectivity index (χ1v) is 11.1. The lowest BCUT2D eigenvalue weighted by Crippen LogP contribution is -2.42. The lowest BCUT2D eigenvalue weighted by molar-refractivity contribution is -0.116. The van der Waals surface area contributed by atoms with Crippen molar-refractivity contribution in [3.63, 3.8) is 0 Å². The van der Waals surface area contributed by atoms with Crippen LogP contribution in [0.15, 0.2) is 19.3 Å². The third-order valence-electron chi connectivity index (χ3n) is 3.99. The van der Waals surface area contributed by atoms with E-state index < -0.39 is 11.2 Å². The molecule has 28 heavy (non-hydrogen) atoms. The molecule has 0 spiro atoms. The molecule has 3 N–H and O–H groups in total. The first kappa shape index (κ1) is 22.2. The standard InChI is InChI=1S/C18H27N5O3S2/c1-5-6-7-22(13(24)10-28-18-20-12(4)9-27-18)14-15(19)23(8-11(2)3)17(26)21-16(14)25/h9,11H,5-8,10,19H2,1-4H3,(H,21,25,26). The van der Waals surface area contributed by atoms with Crippen LogP contribution in [-0.2, 0) is 11.3 Å². The number of amides is 1. The SMILES string of the molecule is CCCCN(C(=O)CSc1nc(C)cs1)c1c(N)n(CC(C)C)c(=O)[nH]c1=O. The molecule has 0 saturated carbocycles. The number of hydrogen-bond donors (Lipinski definition) is 2. The zero-order valence-electron chi connectivity index (χ0n) is 16.7. The van der Waals surface area contributed by atoms with Gasteiger partial charge in [0.05, 0.1) is 5.75 Å². The fourth-order valence-electron chi connectivity index (χ4n) is 2.66. The van der Waals surface area contributed by atoms with E-state index in [0.29, 0.717) is 13.1 Å². The van der Waals surface area contributed by atoms with Crippen LogP contribution in [0.25, 0.3) is 0 Å². The van der Waals surface area contributed by atoms with Crippen molar-refractivity contribution in [2.45, 2.75) is 51.4 Å². The second-order valence-electron chi connectivity index (χ2n) is 6.94. The summed E-state index contributed by atoms with van der Waals surface area (Å²) in [6.07, 6.45) is 1.57. The Labute approximate surface area is 172 Å². The summed E-state index contributed by atoms with van der Waals surface area (Å²) in [6, 6.07) is 0. The number of rotatable bonds is 9. The van der Waals surface area contributed by atoms with Crippen LogP contribution < -0.4 is 21.9 Å². The molecule has 8 nitrogen and oxygen atoms in total. The second kappa shape index (κ2) is 9.92. The molecule has 1 amide bonds. The Balaban J connectivity index is 2.37. The van der Waals surface area contributed by atoms with Crippen LogP contribution in [0, 0.1) is 12.8 Å². The third kappa shape index (κ3) is 5.48. The molecule has 154 valence electrons. The predicted octanol–water partition coefficient (Wildman–Crippen LogP) is 2.47. The zero-order chi connectivity index (χ0) is 20.8. The van der Waals surface area contributed by atoms with Crippen LogP contribution in [-0.4, -0.2) is 32.7 Å². The lowest BCUT2D eigenvalue weighted by atomic mass is 10.2. The van der Waals surface area contributed by atoms with E-state index in [0.717, 1.165) is 22.9 Å². The Kier molecular flexibility index (Phi) is 7.88. The van der Waals surface area contributed by atoms with Crippen molar-refractivity contribution >= 4 is 40.5 Å². The van der Waals surface area contributed by atoms with Crippen LogP contribution in [0.2, 0.25) is 0 Å². The van der Waals surface area contributed by atoms with Gasteiger partial charge in [-0.2, -0.15) is 0 Å². The highest BCUT2D eigenvalue weighted by atomic mass is 32.2. The van der Waals surface area contributed by atoms with Gasteiger partial charge in [0.15, 0.2) is 10.0 Å². The van der Waals surface area contributed by atoms with E-state index in [4.69, 9.17) is 5.73 Å². The van der Waals surface area contributed by atoms with Crippen LogP contribution in [0.5, 0.6) is 0 Å². The third-order valence-corrected chi connectivity index (χ3v) is 6.11. The van der Waals surface area contributed by atoms with E-state index in [1.54, 1.807) is 0 Å². The minimum atomic E-state index is -0.637. The number of carbonyl (C=O) groups is 1. The van der Waals surface area contributed by atoms with E-state index >= 15 is 0 Å². The molecule has 2 heterocycles. The topological polar surface area (TPSA) is 114 Å². The number of nitrogens with zero attached hydrogens (tertiary/aromatic N) is 3. The highest BCUT2D eigenvalue weighted by molar-refractivity contribution is 8.01. The van der Waals surface area contributed by atoms with Crippen LogP contribution in [0.3, 0.4) is 0 Å². The molecular weight excluding hydrogens is 398 g/mol. The Morgan fingerprint density at radius 2 is 2.14 bits per heavy atom. The summed E-state index contributed by atoms with van der Waals surface area (Å²) >= 11 is 2.81. The number of anilines is 2. The highest BCUT2D eigenvalue weighted by Crippen LogP contribution is 2.25. The quantitative estimate of drug-likeness (QED) is 0.597. The average molecular weight is 426 g/mol. The Bertz CT molecular complexity index is 932. The Morgan fingerprint density at radius 1 is 1.43 bits per heavy atom. The smallest absolute Gasteiger partial charge is 0.330 e. The van der Waals surface area contributed by atoms with Gasteiger partial charge in [-0.15, -0.1) is 11.3 Å². The van der Waals surface area contributed by atoms with E-state index in [2.05, 4.69) is 9.97 Å². The Hall–Kier alpha value is -2.07. The number of aromatic nitrogens is 3. The molecule has 10 heteroatoms. The molecule has 0 atom stereocenters. The van der Waals surface area contributed by atoms with Crippen molar-refractivity contribution in [3.8, 4) is 0 Å². The number of carbonyl (C=O) groups excluding carboxylic acids is 1. The fourth-order valence-corrected chi connectivity index (χ4v) is 4.39. The maximum atomic E-state index is 12.9. The Morgan fingerprint density at radius 3 is 2.71 bits per heavy atom. The van der Waals surface area contributed by atoms with Crippen molar-refractivity contribution in [1.82, 2.24) is 14.5 Å². The van der Waals surface area contributed by atoms with Gasteiger partial charge in [0.25, 0.3) is 5.56 Å². The van der Waals surface area contributed by atoms with E-state index in [-0.39, 0.29) is 29.1 Å². The second-order valence-corrected chi connectivity index (χ2v) is 9.02. The van der Waals surface area contributed by atoms with Crippen molar-refractivity contribution in [1.29, 1.82) is 0 Å². The normalized spacial score (nSPS) is 11.2. The number of unbranched alkanes of at least 4 members (excludes halogenated alkanes) is 1. The number of H-pyrrole nitrogens is 1. The number of hydrogen-bond acceptors (Lipinski definition) is 7. The van der Waals surface area contributed by atoms with Gasteiger partial charge in [0.1, 0.15) is 5.82 Å². The van der Waals surface area contributed by atoms with Gasteiger partial charge in [-0.3, -0.25) is 19.1 Å². The number of nitrogens with one attached hydrogen (secondary N) is 1. The van der Waals surface area contributed by atoms with Crippen LogP contribution in [0.1, 0.15) is 39.3 Å². The molecule has 2 aromatic rings. The number of nitrogens with two attached hydrogens (primary N) is 1.